The Bertz CT molecular complexity index is 910. The van der Waals surface area contributed by atoms with Crippen LogP contribution in [-0.2, 0) is 9.53 Å². The summed E-state index contributed by atoms with van der Waals surface area (Å²) in [6, 6.07) is 7.03. The topological polar surface area (TPSA) is 85.7 Å². The first-order chi connectivity index (χ1) is 13.5. The number of carbonyl (C=O) groups is 2. The molecule has 0 unspecified atom stereocenters. The number of hydrogen-bond acceptors (Lipinski definition) is 4. The highest BCUT2D eigenvalue weighted by atomic mass is 35.5. The molecule has 0 aromatic heterocycles. The molecule has 0 spiro atoms. The third-order valence-electron chi connectivity index (χ3n) is 5.28. The molecule has 0 saturated carbocycles. The van der Waals surface area contributed by atoms with Crippen LogP contribution in [0.2, 0.25) is 5.02 Å². The minimum Gasteiger partial charge on any atom is -0.366 e. The van der Waals surface area contributed by atoms with Gasteiger partial charge in [0.1, 0.15) is 12.7 Å². The normalized spacial score (nSPS) is 24.2. The quantitative estimate of drug-likeness (QED) is 0.665. The fourth-order valence-corrected chi connectivity index (χ4v) is 3.94. The van der Waals surface area contributed by atoms with Crippen LogP contribution in [0.15, 0.2) is 18.2 Å². The summed E-state index contributed by atoms with van der Waals surface area (Å²) in [5.41, 5.74) is 0.985. The number of amides is 3. The maximum absolute atomic E-state index is 12.7. The molecule has 1 aromatic carbocycles. The smallest absolute Gasteiger partial charge is 0.320 e. The van der Waals surface area contributed by atoms with E-state index in [2.05, 4.69) is 23.2 Å². The number of hydrogen-bond donors (Lipinski definition) is 1. The van der Waals surface area contributed by atoms with E-state index in [1.54, 1.807) is 28.0 Å². The van der Waals surface area contributed by atoms with Gasteiger partial charge in [-0.1, -0.05) is 29.5 Å². The molecule has 0 aliphatic carbocycles. The molecule has 8 heteroatoms. The van der Waals surface area contributed by atoms with Crippen molar-refractivity contribution >= 4 is 23.5 Å². The highest BCUT2D eigenvalue weighted by Gasteiger charge is 2.39. The first-order valence-corrected chi connectivity index (χ1v) is 9.58. The minimum atomic E-state index is -0.138. The van der Waals surface area contributed by atoms with Gasteiger partial charge in [-0.05, 0) is 18.6 Å². The second kappa shape index (κ2) is 7.71. The molecule has 3 heterocycles. The van der Waals surface area contributed by atoms with Crippen molar-refractivity contribution in [1.29, 1.82) is 5.26 Å². The molecule has 1 aromatic rings. The molecule has 4 rings (SSSR count). The summed E-state index contributed by atoms with van der Waals surface area (Å²) in [5, 5.41) is 12.5. The van der Waals surface area contributed by atoms with Crippen molar-refractivity contribution in [1.82, 2.24) is 15.1 Å². The van der Waals surface area contributed by atoms with Gasteiger partial charge in [0, 0.05) is 26.2 Å². The number of ether oxygens (including phenoxy) is 1. The van der Waals surface area contributed by atoms with Gasteiger partial charge in [-0.15, -0.1) is 0 Å². The van der Waals surface area contributed by atoms with Gasteiger partial charge in [-0.2, -0.15) is 5.26 Å². The summed E-state index contributed by atoms with van der Waals surface area (Å²) in [7, 11) is 0. The number of fused-ring (bicyclic) bond motifs is 1. The Morgan fingerprint density at radius 3 is 2.89 bits per heavy atom. The SMILES string of the molecule is N#Cc1cccc(Cl)c1C#CC1CN(C(=O)N2CC[C@@H]3OCC(=O)N[C@@H]3C2)C1. The summed E-state index contributed by atoms with van der Waals surface area (Å²) in [4.78, 5) is 27.7. The van der Waals surface area contributed by atoms with Crippen LogP contribution in [0.1, 0.15) is 17.5 Å². The van der Waals surface area contributed by atoms with Gasteiger partial charge in [-0.25, -0.2) is 4.79 Å². The lowest BCUT2D eigenvalue weighted by molar-refractivity contribution is -0.139. The molecule has 2 atom stereocenters. The number of carbonyl (C=O) groups excluding carboxylic acids is 2. The molecule has 144 valence electrons. The number of piperidine rings is 1. The van der Waals surface area contributed by atoms with E-state index in [9.17, 15) is 9.59 Å². The second-order valence-corrected chi connectivity index (χ2v) is 7.59. The van der Waals surface area contributed by atoms with Crippen LogP contribution in [-0.4, -0.2) is 66.7 Å². The lowest BCUT2D eigenvalue weighted by Crippen LogP contribution is -2.64. The number of nitrogens with one attached hydrogen (secondary N) is 1. The van der Waals surface area contributed by atoms with Crippen LogP contribution >= 0.6 is 11.6 Å². The Morgan fingerprint density at radius 2 is 2.11 bits per heavy atom. The average Bonchev–Trinajstić information content (AvgIpc) is 2.66. The maximum atomic E-state index is 12.7. The standard InChI is InChI=1S/C20H19ClN4O3/c21-16-3-1-2-14(8-22)15(16)5-4-13-9-25(10-13)20(27)24-7-6-18-17(11-24)23-19(26)12-28-18/h1-3,13,17-18H,6-7,9-12H2,(H,23,26)/t17-,18+/m1/s1. The van der Waals surface area contributed by atoms with Gasteiger partial charge in [-0.3, -0.25) is 4.79 Å². The van der Waals surface area contributed by atoms with Gasteiger partial charge >= 0.3 is 6.03 Å². The number of urea groups is 1. The maximum Gasteiger partial charge on any atom is 0.320 e. The monoisotopic (exact) mass is 398 g/mol. The third kappa shape index (κ3) is 3.64. The highest BCUT2D eigenvalue weighted by Crippen LogP contribution is 2.23. The summed E-state index contributed by atoms with van der Waals surface area (Å²) in [5.74, 6) is 6.03. The van der Waals surface area contributed by atoms with Crippen molar-refractivity contribution in [3.8, 4) is 17.9 Å². The van der Waals surface area contributed by atoms with E-state index in [-0.39, 0.29) is 36.6 Å². The number of morpholine rings is 1. The van der Waals surface area contributed by atoms with Crippen LogP contribution in [0.4, 0.5) is 4.79 Å². The van der Waals surface area contributed by atoms with E-state index in [0.29, 0.717) is 42.3 Å². The molecule has 28 heavy (non-hydrogen) atoms. The molecule has 0 radical (unpaired) electrons. The molecular weight excluding hydrogens is 380 g/mol. The van der Waals surface area contributed by atoms with E-state index in [0.717, 1.165) is 6.42 Å². The average molecular weight is 399 g/mol. The molecule has 3 fully saturated rings. The van der Waals surface area contributed by atoms with Crippen molar-refractivity contribution in [2.45, 2.75) is 18.6 Å². The predicted molar refractivity (Wildman–Crippen MR) is 101 cm³/mol. The van der Waals surface area contributed by atoms with Crippen molar-refractivity contribution in [2.24, 2.45) is 5.92 Å². The van der Waals surface area contributed by atoms with Crippen LogP contribution in [0.25, 0.3) is 0 Å². The van der Waals surface area contributed by atoms with Crippen LogP contribution in [0, 0.1) is 29.1 Å². The molecular formula is C20H19ClN4O3. The summed E-state index contributed by atoms with van der Waals surface area (Å²) in [6.45, 7) is 2.28. The Hall–Kier alpha value is -2.74. The van der Waals surface area contributed by atoms with Gasteiger partial charge in [0.2, 0.25) is 5.91 Å². The van der Waals surface area contributed by atoms with Crippen molar-refractivity contribution in [3.63, 3.8) is 0 Å². The molecule has 3 saturated heterocycles. The predicted octanol–water partition coefficient (Wildman–Crippen LogP) is 1.20. The molecule has 7 nitrogen and oxygen atoms in total. The Kier molecular flexibility index (Phi) is 5.13. The van der Waals surface area contributed by atoms with Gasteiger partial charge < -0.3 is 19.9 Å². The van der Waals surface area contributed by atoms with E-state index >= 15 is 0 Å². The van der Waals surface area contributed by atoms with Crippen LogP contribution < -0.4 is 5.32 Å². The minimum absolute atomic E-state index is 0.0123. The Balaban J connectivity index is 1.33. The van der Waals surface area contributed by atoms with Gasteiger partial charge in [0.15, 0.2) is 0 Å². The number of nitriles is 1. The Morgan fingerprint density at radius 1 is 1.29 bits per heavy atom. The number of rotatable bonds is 0. The van der Waals surface area contributed by atoms with Gasteiger partial charge in [0.25, 0.3) is 0 Å². The fourth-order valence-electron chi connectivity index (χ4n) is 3.72. The number of benzene rings is 1. The first-order valence-electron chi connectivity index (χ1n) is 9.20. The lowest BCUT2D eigenvalue weighted by atomic mass is 9.98. The number of nitrogens with zero attached hydrogens (tertiary/aromatic N) is 3. The van der Waals surface area contributed by atoms with E-state index in [4.69, 9.17) is 21.6 Å². The van der Waals surface area contributed by atoms with Crippen molar-refractivity contribution < 1.29 is 14.3 Å². The molecule has 0 bridgehead atoms. The molecule has 3 aliphatic heterocycles. The van der Waals surface area contributed by atoms with E-state index < -0.39 is 0 Å². The molecule has 3 amide bonds. The summed E-state index contributed by atoms with van der Waals surface area (Å²) in [6.07, 6.45) is 0.707. The summed E-state index contributed by atoms with van der Waals surface area (Å²) >= 11 is 6.13. The fraction of sp³-hybridized carbons (Fsp3) is 0.450. The van der Waals surface area contributed by atoms with Gasteiger partial charge in [0.05, 0.1) is 34.2 Å². The second-order valence-electron chi connectivity index (χ2n) is 7.19. The summed E-state index contributed by atoms with van der Waals surface area (Å²) < 4.78 is 5.53. The van der Waals surface area contributed by atoms with E-state index in [1.165, 1.54) is 0 Å². The van der Waals surface area contributed by atoms with Crippen molar-refractivity contribution in [2.75, 3.05) is 32.8 Å². The van der Waals surface area contributed by atoms with Crippen LogP contribution in [0.5, 0.6) is 0 Å². The third-order valence-corrected chi connectivity index (χ3v) is 5.60. The lowest BCUT2D eigenvalue weighted by Gasteiger charge is -2.45. The first kappa shape index (κ1) is 18.6. The number of likely N-dealkylation sites (tertiary alicyclic amines) is 2. The zero-order valence-electron chi connectivity index (χ0n) is 15.2. The largest absolute Gasteiger partial charge is 0.366 e. The molecule has 3 aliphatic rings. The number of halogens is 1. The van der Waals surface area contributed by atoms with Crippen LogP contribution in [0.3, 0.4) is 0 Å². The van der Waals surface area contributed by atoms with E-state index in [1.807, 2.05) is 0 Å². The zero-order chi connectivity index (χ0) is 19.7. The molecule has 1 N–H and O–H groups in total. The Labute approximate surface area is 168 Å². The highest BCUT2D eigenvalue weighted by molar-refractivity contribution is 6.31. The van der Waals surface area contributed by atoms with Crippen molar-refractivity contribution in [3.05, 3.63) is 34.3 Å². The zero-order valence-corrected chi connectivity index (χ0v) is 15.9.